The van der Waals surface area contributed by atoms with Gasteiger partial charge in [-0.2, -0.15) is 0 Å². The Hall–Kier alpha value is -1.69. The van der Waals surface area contributed by atoms with Crippen molar-refractivity contribution in [2.24, 2.45) is 0 Å². The molecule has 1 saturated heterocycles. The summed E-state index contributed by atoms with van der Waals surface area (Å²) in [5, 5.41) is 8.98. The highest BCUT2D eigenvalue weighted by atomic mass is 19.3. The molecule has 1 heterocycles. The van der Waals surface area contributed by atoms with E-state index in [2.05, 4.69) is 0 Å². The van der Waals surface area contributed by atoms with Crippen molar-refractivity contribution in [2.45, 2.75) is 25.0 Å². The maximum absolute atomic E-state index is 13.4. The van der Waals surface area contributed by atoms with Crippen molar-refractivity contribution in [1.29, 1.82) is 0 Å². The Morgan fingerprint density at radius 3 is 2.74 bits per heavy atom. The van der Waals surface area contributed by atoms with Gasteiger partial charge in [-0.15, -0.1) is 0 Å². The molecule has 1 atom stereocenters. The van der Waals surface area contributed by atoms with E-state index in [1.807, 2.05) is 6.07 Å². The third kappa shape index (κ3) is 3.01. The normalized spacial score (nSPS) is 21.4. The zero-order valence-corrected chi connectivity index (χ0v) is 10.3. The summed E-state index contributed by atoms with van der Waals surface area (Å²) >= 11 is 0. The Balaban J connectivity index is 1.94. The maximum atomic E-state index is 13.4. The molecule has 1 fully saturated rings. The number of benzene rings is 1. The number of ether oxygens (including phenoxy) is 1. The fourth-order valence-corrected chi connectivity index (χ4v) is 2.07. The highest BCUT2D eigenvalue weighted by Crippen LogP contribution is 2.34. The van der Waals surface area contributed by atoms with Crippen molar-refractivity contribution in [3.8, 4) is 0 Å². The van der Waals surface area contributed by atoms with Gasteiger partial charge < -0.3 is 9.84 Å². The molecule has 1 aliphatic rings. The highest BCUT2D eigenvalue weighted by Gasteiger charge is 2.50. The number of carbonyl (C=O) groups excluding carboxylic acids is 1. The third-order valence-corrected chi connectivity index (χ3v) is 3.16. The minimum absolute atomic E-state index is 0.0277. The molecule has 6 heteroatoms. The van der Waals surface area contributed by atoms with Crippen LogP contribution in [0, 0.1) is 0 Å². The van der Waals surface area contributed by atoms with Gasteiger partial charge in [-0.1, -0.05) is 30.3 Å². The molecule has 2 rings (SSSR count). The Labute approximate surface area is 109 Å². The zero-order valence-electron chi connectivity index (χ0n) is 10.3. The fraction of sp³-hybridized carbons (Fsp3) is 0.462. The number of hydrogen-bond acceptors (Lipinski definition) is 3. The van der Waals surface area contributed by atoms with E-state index in [1.54, 1.807) is 24.3 Å². The second-order valence-electron chi connectivity index (χ2n) is 4.44. The largest absolute Gasteiger partial charge is 0.445 e. The predicted octanol–water partition coefficient (Wildman–Crippen LogP) is 2.03. The lowest BCUT2D eigenvalue weighted by molar-refractivity contribution is -0.0501. The average Bonchev–Trinajstić information content (AvgIpc) is 2.72. The SMILES string of the molecule is O=C(OCc1ccccc1)N1CCC(F)(F)[C@H]1CO. The van der Waals surface area contributed by atoms with Crippen LogP contribution in [0.1, 0.15) is 12.0 Å². The van der Waals surface area contributed by atoms with Crippen molar-refractivity contribution in [1.82, 2.24) is 4.90 Å². The summed E-state index contributed by atoms with van der Waals surface area (Å²) in [6.07, 6.45) is -1.27. The number of likely N-dealkylation sites (tertiary alicyclic amines) is 1. The number of nitrogens with zero attached hydrogens (tertiary/aromatic N) is 1. The Bertz CT molecular complexity index is 439. The summed E-state index contributed by atoms with van der Waals surface area (Å²) < 4.78 is 31.7. The molecule has 1 aliphatic heterocycles. The first kappa shape index (κ1) is 13.7. The van der Waals surface area contributed by atoms with E-state index in [0.717, 1.165) is 10.5 Å². The summed E-state index contributed by atoms with van der Waals surface area (Å²) in [5.41, 5.74) is 0.780. The van der Waals surface area contributed by atoms with E-state index < -0.39 is 31.1 Å². The van der Waals surface area contributed by atoms with Gasteiger partial charge in [0, 0.05) is 13.0 Å². The first-order chi connectivity index (χ1) is 9.04. The van der Waals surface area contributed by atoms with Crippen molar-refractivity contribution in [3.05, 3.63) is 35.9 Å². The van der Waals surface area contributed by atoms with E-state index in [1.165, 1.54) is 0 Å². The van der Waals surface area contributed by atoms with Crippen molar-refractivity contribution in [2.75, 3.05) is 13.2 Å². The fourth-order valence-electron chi connectivity index (χ4n) is 2.07. The van der Waals surface area contributed by atoms with Crippen LogP contribution in [0.15, 0.2) is 30.3 Å². The number of halogens is 2. The summed E-state index contributed by atoms with van der Waals surface area (Å²) in [4.78, 5) is 12.6. The van der Waals surface area contributed by atoms with Gasteiger partial charge >= 0.3 is 6.09 Å². The first-order valence-corrected chi connectivity index (χ1v) is 6.00. The van der Waals surface area contributed by atoms with Crippen LogP contribution in [-0.4, -0.2) is 41.2 Å². The number of amides is 1. The monoisotopic (exact) mass is 271 g/mol. The molecule has 0 aliphatic carbocycles. The highest BCUT2D eigenvalue weighted by molar-refractivity contribution is 5.68. The molecule has 1 aromatic rings. The number of hydrogen-bond donors (Lipinski definition) is 1. The van der Waals surface area contributed by atoms with Crippen LogP contribution in [0.4, 0.5) is 13.6 Å². The van der Waals surface area contributed by atoms with Gasteiger partial charge in [0.05, 0.1) is 6.61 Å². The number of aliphatic hydroxyl groups excluding tert-OH is 1. The molecule has 0 aromatic heterocycles. The topological polar surface area (TPSA) is 49.8 Å². The molecule has 19 heavy (non-hydrogen) atoms. The molecule has 0 unspecified atom stereocenters. The van der Waals surface area contributed by atoms with E-state index in [4.69, 9.17) is 9.84 Å². The van der Waals surface area contributed by atoms with E-state index in [9.17, 15) is 13.6 Å². The summed E-state index contributed by atoms with van der Waals surface area (Å²) in [6.45, 7) is -0.848. The Morgan fingerprint density at radius 2 is 2.11 bits per heavy atom. The maximum Gasteiger partial charge on any atom is 0.410 e. The van der Waals surface area contributed by atoms with Gasteiger partial charge in [0.2, 0.25) is 0 Å². The second kappa shape index (κ2) is 5.52. The summed E-state index contributed by atoms with van der Waals surface area (Å²) in [5.74, 6) is -3.06. The zero-order chi connectivity index (χ0) is 13.9. The van der Waals surface area contributed by atoms with Crippen LogP contribution in [0.3, 0.4) is 0 Å². The van der Waals surface area contributed by atoms with E-state index in [-0.39, 0.29) is 13.2 Å². The van der Waals surface area contributed by atoms with Crippen molar-refractivity contribution in [3.63, 3.8) is 0 Å². The van der Waals surface area contributed by atoms with Crippen LogP contribution in [0.2, 0.25) is 0 Å². The van der Waals surface area contributed by atoms with Crippen LogP contribution >= 0.6 is 0 Å². The molecule has 0 bridgehead atoms. The Kier molecular flexibility index (Phi) is 3.99. The smallest absolute Gasteiger partial charge is 0.410 e. The minimum Gasteiger partial charge on any atom is -0.445 e. The van der Waals surface area contributed by atoms with Gasteiger partial charge in [0.1, 0.15) is 12.6 Å². The molecular formula is C13H15F2NO3. The van der Waals surface area contributed by atoms with Crippen LogP contribution in [0.5, 0.6) is 0 Å². The minimum atomic E-state index is -3.06. The molecule has 4 nitrogen and oxygen atoms in total. The summed E-state index contributed by atoms with van der Waals surface area (Å²) in [7, 11) is 0. The average molecular weight is 271 g/mol. The molecule has 104 valence electrons. The number of carbonyl (C=O) groups is 1. The molecule has 1 N–H and O–H groups in total. The summed E-state index contributed by atoms with van der Waals surface area (Å²) in [6, 6.07) is 7.47. The van der Waals surface area contributed by atoms with Crippen molar-refractivity contribution >= 4 is 6.09 Å². The molecule has 1 aromatic carbocycles. The lowest BCUT2D eigenvalue weighted by Crippen LogP contribution is -2.45. The van der Waals surface area contributed by atoms with Crippen LogP contribution in [0.25, 0.3) is 0 Å². The van der Waals surface area contributed by atoms with Crippen LogP contribution < -0.4 is 0 Å². The van der Waals surface area contributed by atoms with Gasteiger partial charge in [-0.3, -0.25) is 4.90 Å². The predicted molar refractivity (Wildman–Crippen MR) is 63.8 cm³/mol. The molecule has 0 spiro atoms. The number of alkyl halides is 2. The van der Waals surface area contributed by atoms with Crippen molar-refractivity contribution < 1.29 is 23.4 Å². The quantitative estimate of drug-likeness (QED) is 0.915. The molecular weight excluding hydrogens is 256 g/mol. The lowest BCUT2D eigenvalue weighted by atomic mass is 10.2. The molecule has 0 radical (unpaired) electrons. The number of rotatable bonds is 3. The number of aliphatic hydroxyl groups is 1. The van der Waals surface area contributed by atoms with E-state index >= 15 is 0 Å². The standard InChI is InChI=1S/C13H15F2NO3/c14-13(15)6-7-16(11(13)8-17)12(18)19-9-10-4-2-1-3-5-10/h1-5,11,17H,6-9H2/t11-/m1/s1. The van der Waals surface area contributed by atoms with E-state index in [0.29, 0.717) is 0 Å². The first-order valence-electron chi connectivity index (χ1n) is 6.00. The second-order valence-corrected chi connectivity index (χ2v) is 4.44. The van der Waals surface area contributed by atoms with Gasteiger partial charge in [-0.05, 0) is 5.56 Å². The van der Waals surface area contributed by atoms with Gasteiger partial charge in [-0.25, -0.2) is 13.6 Å². The molecule has 1 amide bonds. The third-order valence-electron chi connectivity index (χ3n) is 3.16. The van der Waals surface area contributed by atoms with Gasteiger partial charge in [0.15, 0.2) is 0 Å². The Morgan fingerprint density at radius 1 is 1.42 bits per heavy atom. The lowest BCUT2D eigenvalue weighted by Gasteiger charge is -2.25. The molecule has 0 saturated carbocycles. The van der Waals surface area contributed by atoms with Gasteiger partial charge in [0.25, 0.3) is 5.92 Å². The van der Waals surface area contributed by atoms with Crippen LogP contribution in [-0.2, 0) is 11.3 Å².